The molecule has 0 radical (unpaired) electrons. The van der Waals surface area contributed by atoms with E-state index in [-0.39, 0.29) is 26.7 Å². The SMILES string of the molecule is O=C(N1CN2CN(C1)CN(C(=O)C(Cl)(Cl)Cl)C2)C(Cl)(Cl)Cl. The second-order valence-corrected chi connectivity index (χ2v) is 9.30. The van der Waals surface area contributed by atoms with Gasteiger partial charge in [0.2, 0.25) is 0 Å². The lowest BCUT2D eigenvalue weighted by atomic mass is 10.4. The Balaban J connectivity index is 2.04. The fourth-order valence-corrected chi connectivity index (χ4v) is 2.94. The number of fused-ring (bicyclic) bond motifs is 2. The summed E-state index contributed by atoms with van der Waals surface area (Å²) in [7, 11) is 0. The molecule has 120 valence electrons. The van der Waals surface area contributed by atoms with E-state index in [0.29, 0.717) is 6.67 Å². The maximum absolute atomic E-state index is 12.0. The summed E-state index contributed by atoms with van der Waals surface area (Å²) in [5.74, 6) is -1.24. The summed E-state index contributed by atoms with van der Waals surface area (Å²) in [5.41, 5.74) is 0. The Bertz CT molecular complexity index is 398. The first-order valence-electron chi connectivity index (χ1n) is 5.65. The molecule has 0 atom stereocenters. The van der Waals surface area contributed by atoms with Gasteiger partial charge < -0.3 is 9.80 Å². The van der Waals surface area contributed by atoms with Gasteiger partial charge in [0.1, 0.15) is 0 Å². The molecular formula is C9H10Cl6N4O2. The lowest BCUT2D eigenvalue weighted by Crippen LogP contribution is -2.67. The van der Waals surface area contributed by atoms with Crippen molar-refractivity contribution in [2.24, 2.45) is 0 Å². The molecule has 2 aliphatic rings. The number of carbonyl (C=O) groups is 2. The van der Waals surface area contributed by atoms with Crippen LogP contribution in [0.3, 0.4) is 0 Å². The lowest BCUT2D eigenvalue weighted by molar-refractivity contribution is -0.164. The number of nitrogens with zero attached hydrogens (tertiary/aromatic N) is 4. The Labute approximate surface area is 151 Å². The van der Waals surface area contributed by atoms with Gasteiger partial charge in [-0.25, -0.2) is 0 Å². The van der Waals surface area contributed by atoms with Crippen LogP contribution in [0.2, 0.25) is 0 Å². The van der Waals surface area contributed by atoms with Crippen LogP contribution in [0.4, 0.5) is 0 Å². The smallest absolute Gasteiger partial charge is 0.276 e. The van der Waals surface area contributed by atoms with Crippen molar-refractivity contribution in [3.63, 3.8) is 0 Å². The fourth-order valence-electron chi connectivity index (χ4n) is 2.22. The molecule has 0 spiro atoms. The van der Waals surface area contributed by atoms with Crippen LogP contribution < -0.4 is 0 Å². The van der Waals surface area contributed by atoms with E-state index in [2.05, 4.69) is 0 Å². The Morgan fingerprint density at radius 2 is 0.905 bits per heavy atom. The second kappa shape index (κ2) is 6.24. The van der Waals surface area contributed by atoms with E-state index >= 15 is 0 Å². The summed E-state index contributed by atoms with van der Waals surface area (Å²) in [6.45, 7) is 1.42. The fraction of sp³-hybridized carbons (Fsp3) is 0.778. The van der Waals surface area contributed by atoms with Gasteiger partial charge in [0, 0.05) is 0 Å². The molecule has 2 aliphatic heterocycles. The van der Waals surface area contributed by atoms with Gasteiger partial charge in [-0.2, -0.15) is 0 Å². The molecule has 0 aliphatic carbocycles. The molecule has 2 amide bonds. The molecule has 0 aromatic heterocycles. The van der Waals surface area contributed by atoms with E-state index < -0.39 is 19.4 Å². The molecule has 0 N–H and O–H groups in total. The zero-order valence-electron chi connectivity index (χ0n) is 10.4. The predicted octanol–water partition coefficient (Wildman–Crippen LogP) is 1.80. The Morgan fingerprint density at radius 3 is 1.14 bits per heavy atom. The number of rotatable bonds is 0. The zero-order chi connectivity index (χ0) is 16.0. The molecule has 21 heavy (non-hydrogen) atoms. The maximum Gasteiger partial charge on any atom is 0.276 e. The van der Waals surface area contributed by atoms with Crippen molar-refractivity contribution in [2.75, 3.05) is 33.3 Å². The number of alkyl halides is 6. The standard InChI is InChI=1S/C9H10Cl6N4O2/c10-8(11,12)6(20)18-2-16-1-17(4-18)5-19(3-16)7(21)9(13,14)15/h1-5H2. The highest BCUT2D eigenvalue weighted by Crippen LogP contribution is 2.32. The molecule has 2 saturated heterocycles. The Kier molecular flexibility index (Phi) is 5.34. The topological polar surface area (TPSA) is 47.1 Å². The Morgan fingerprint density at radius 1 is 0.619 bits per heavy atom. The monoisotopic (exact) mass is 416 g/mol. The molecule has 0 saturated carbocycles. The molecule has 2 fully saturated rings. The van der Waals surface area contributed by atoms with Gasteiger partial charge in [-0.15, -0.1) is 0 Å². The van der Waals surface area contributed by atoms with Crippen LogP contribution in [0, 0.1) is 0 Å². The summed E-state index contributed by atoms with van der Waals surface area (Å²) in [4.78, 5) is 30.3. The van der Waals surface area contributed by atoms with E-state index in [0.717, 1.165) is 0 Å². The van der Waals surface area contributed by atoms with Crippen LogP contribution in [0.5, 0.6) is 0 Å². The minimum absolute atomic E-state index is 0.215. The highest BCUT2D eigenvalue weighted by Gasteiger charge is 2.43. The summed E-state index contributed by atoms with van der Waals surface area (Å²) < 4.78 is -4.03. The van der Waals surface area contributed by atoms with Gasteiger partial charge in [-0.1, -0.05) is 69.6 Å². The third kappa shape index (κ3) is 4.32. The molecule has 6 nitrogen and oxygen atoms in total. The van der Waals surface area contributed by atoms with Crippen molar-refractivity contribution in [1.29, 1.82) is 0 Å². The first-order chi connectivity index (χ1) is 9.48. The van der Waals surface area contributed by atoms with E-state index in [1.54, 1.807) is 9.80 Å². The third-order valence-electron chi connectivity index (χ3n) is 2.94. The van der Waals surface area contributed by atoms with Crippen LogP contribution in [0.1, 0.15) is 0 Å². The minimum atomic E-state index is -2.01. The maximum atomic E-state index is 12.0. The van der Waals surface area contributed by atoms with Crippen molar-refractivity contribution < 1.29 is 9.59 Å². The quantitative estimate of drug-likeness (QED) is 0.563. The van der Waals surface area contributed by atoms with Crippen molar-refractivity contribution >= 4 is 81.4 Å². The highest BCUT2D eigenvalue weighted by atomic mass is 35.6. The Hall–Kier alpha value is 0.600. The second-order valence-electron chi connectivity index (χ2n) is 4.73. The molecule has 2 rings (SSSR count). The molecule has 0 aromatic carbocycles. The third-order valence-corrected chi connectivity index (χ3v) is 3.91. The predicted molar refractivity (Wildman–Crippen MR) is 82.3 cm³/mol. The normalized spacial score (nSPS) is 26.8. The van der Waals surface area contributed by atoms with Crippen molar-refractivity contribution in [3.05, 3.63) is 0 Å². The van der Waals surface area contributed by atoms with Crippen LogP contribution in [-0.2, 0) is 9.59 Å². The number of halogens is 6. The van der Waals surface area contributed by atoms with Gasteiger partial charge in [-0.3, -0.25) is 19.4 Å². The number of hydrogen-bond acceptors (Lipinski definition) is 4. The highest BCUT2D eigenvalue weighted by molar-refractivity contribution is 6.76. The van der Waals surface area contributed by atoms with Crippen LogP contribution in [0.15, 0.2) is 0 Å². The van der Waals surface area contributed by atoms with Gasteiger partial charge in [-0.05, 0) is 0 Å². The molecule has 2 heterocycles. The first-order valence-corrected chi connectivity index (χ1v) is 7.92. The summed E-state index contributed by atoms with van der Waals surface area (Å²) in [6.07, 6.45) is 0. The summed E-state index contributed by atoms with van der Waals surface area (Å²) in [5, 5.41) is 0. The minimum Gasteiger partial charge on any atom is -0.313 e. The lowest BCUT2D eigenvalue weighted by Gasteiger charge is -2.50. The van der Waals surface area contributed by atoms with Crippen molar-refractivity contribution in [3.8, 4) is 0 Å². The zero-order valence-corrected chi connectivity index (χ0v) is 14.9. The number of carbonyl (C=O) groups excluding carboxylic acids is 2. The van der Waals surface area contributed by atoms with Crippen LogP contribution >= 0.6 is 69.6 Å². The van der Waals surface area contributed by atoms with E-state index in [1.807, 2.05) is 0 Å². The largest absolute Gasteiger partial charge is 0.313 e. The van der Waals surface area contributed by atoms with Crippen LogP contribution in [0.25, 0.3) is 0 Å². The molecule has 0 aromatic rings. The van der Waals surface area contributed by atoms with Gasteiger partial charge in [0.15, 0.2) is 0 Å². The average molecular weight is 419 g/mol. The van der Waals surface area contributed by atoms with E-state index in [4.69, 9.17) is 69.6 Å². The summed E-state index contributed by atoms with van der Waals surface area (Å²) >= 11 is 33.6. The van der Waals surface area contributed by atoms with E-state index in [9.17, 15) is 9.59 Å². The summed E-state index contributed by atoms with van der Waals surface area (Å²) in [6, 6.07) is 0. The van der Waals surface area contributed by atoms with Gasteiger partial charge in [0.25, 0.3) is 19.4 Å². The van der Waals surface area contributed by atoms with Crippen LogP contribution in [-0.4, -0.2) is 72.3 Å². The van der Waals surface area contributed by atoms with Gasteiger partial charge >= 0.3 is 0 Å². The molecule has 2 bridgehead atoms. The first kappa shape index (κ1) is 17.9. The molecular weight excluding hydrogens is 409 g/mol. The van der Waals surface area contributed by atoms with Gasteiger partial charge in [0.05, 0.1) is 33.3 Å². The number of amides is 2. The van der Waals surface area contributed by atoms with Crippen molar-refractivity contribution in [2.45, 2.75) is 7.59 Å². The molecule has 12 heteroatoms. The van der Waals surface area contributed by atoms with Crippen molar-refractivity contribution in [1.82, 2.24) is 19.6 Å². The average Bonchev–Trinajstić information content (AvgIpc) is 2.33. The number of hydrogen-bond donors (Lipinski definition) is 0. The van der Waals surface area contributed by atoms with E-state index in [1.165, 1.54) is 9.80 Å². The molecule has 0 unspecified atom stereocenters.